The Morgan fingerprint density at radius 3 is 2.40 bits per heavy atom. The van der Waals surface area contributed by atoms with Gasteiger partial charge < -0.3 is 15.0 Å². The quantitative estimate of drug-likeness (QED) is 0.908. The zero-order valence-electron chi connectivity index (χ0n) is 12.4. The van der Waals surface area contributed by atoms with Crippen molar-refractivity contribution in [2.45, 2.75) is 45.8 Å². The Morgan fingerprint density at radius 2 is 1.90 bits per heavy atom. The molecular weight excluding hydrogens is 254 g/mol. The van der Waals surface area contributed by atoms with Crippen molar-refractivity contribution in [3.05, 3.63) is 41.5 Å². The van der Waals surface area contributed by atoms with Crippen LogP contribution in [0.15, 0.2) is 28.8 Å². The Bertz CT molecular complexity index is 553. The summed E-state index contributed by atoms with van der Waals surface area (Å²) >= 11 is 0. The van der Waals surface area contributed by atoms with Crippen molar-refractivity contribution in [3.63, 3.8) is 0 Å². The Labute approximate surface area is 119 Å². The van der Waals surface area contributed by atoms with Crippen LogP contribution < -0.4 is 10.5 Å². The summed E-state index contributed by atoms with van der Waals surface area (Å²) in [5, 5.41) is 3.85. The largest absolute Gasteiger partial charge is 0.484 e. The van der Waals surface area contributed by atoms with Gasteiger partial charge in [0.05, 0.1) is 5.54 Å². The van der Waals surface area contributed by atoms with Crippen molar-refractivity contribution in [1.29, 1.82) is 0 Å². The van der Waals surface area contributed by atoms with Crippen molar-refractivity contribution in [1.82, 2.24) is 10.1 Å². The first-order valence-corrected chi connectivity index (χ1v) is 6.71. The van der Waals surface area contributed by atoms with E-state index in [0.29, 0.717) is 17.6 Å². The number of nitrogens with zero attached hydrogens (tertiary/aromatic N) is 2. The van der Waals surface area contributed by atoms with E-state index in [2.05, 4.69) is 36.1 Å². The fraction of sp³-hybridized carbons (Fsp3) is 0.467. The lowest BCUT2D eigenvalue weighted by Gasteiger charge is -2.11. The van der Waals surface area contributed by atoms with Gasteiger partial charge in [0.1, 0.15) is 5.75 Å². The lowest BCUT2D eigenvalue weighted by Crippen LogP contribution is -2.30. The predicted octanol–water partition coefficient (Wildman–Crippen LogP) is 2.97. The summed E-state index contributed by atoms with van der Waals surface area (Å²) in [5.74, 6) is 2.19. The molecule has 0 spiro atoms. The standard InChI is InChI=1S/C15H21N3O2/c1-10(2)11-5-7-12(8-6-11)19-9-13-17-14(18-20-13)15(3,4)16/h5-8,10H,9,16H2,1-4H3. The highest BCUT2D eigenvalue weighted by molar-refractivity contribution is 5.28. The lowest BCUT2D eigenvalue weighted by molar-refractivity contribution is 0.241. The molecular formula is C15H21N3O2. The van der Waals surface area contributed by atoms with E-state index >= 15 is 0 Å². The number of hydrogen-bond donors (Lipinski definition) is 1. The van der Waals surface area contributed by atoms with E-state index in [9.17, 15) is 0 Å². The molecule has 0 atom stereocenters. The van der Waals surface area contributed by atoms with Crippen molar-refractivity contribution >= 4 is 0 Å². The monoisotopic (exact) mass is 275 g/mol. The van der Waals surface area contributed by atoms with E-state index in [1.807, 2.05) is 26.0 Å². The van der Waals surface area contributed by atoms with Gasteiger partial charge in [-0.3, -0.25) is 0 Å². The fourth-order valence-corrected chi connectivity index (χ4v) is 1.67. The maximum Gasteiger partial charge on any atom is 0.264 e. The average Bonchev–Trinajstić information content (AvgIpc) is 2.85. The number of aromatic nitrogens is 2. The van der Waals surface area contributed by atoms with Crippen LogP contribution in [0.5, 0.6) is 5.75 Å². The summed E-state index contributed by atoms with van der Waals surface area (Å²) in [4.78, 5) is 4.21. The van der Waals surface area contributed by atoms with Crippen LogP contribution in [0.2, 0.25) is 0 Å². The summed E-state index contributed by atoms with van der Waals surface area (Å²) in [6.45, 7) is 8.21. The van der Waals surface area contributed by atoms with Gasteiger partial charge in [0.15, 0.2) is 12.4 Å². The smallest absolute Gasteiger partial charge is 0.264 e. The lowest BCUT2D eigenvalue weighted by atomic mass is 10.0. The van der Waals surface area contributed by atoms with Gasteiger partial charge in [0, 0.05) is 0 Å². The number of benzene rings is 1. The van der Waals surface area contributed by atoms with Crippen LogP contribution in [-0.4, -0.2) is 10.1 Å². The summed E-state index contributed by atoms with van der Waals surface area (Å²) in [6, 6.07) is 8.00. The van der Waals surface area contributed by atoms with Gasteiger partial charge in [-0.2, -0.15) is 4.98 Å². The second-order valence-electron chi connectivity index (χ2n) is 5.75. The van der Waals surface area contributed by atoms with E-state index in [1.54, 1.807) is 0 Å². The van der Waals surface area contributed by atoms with E-state index in [-0.39, 0.29) is 6.61 Å². The van der Waals surface area contributed by atoms with Gasteiger partial charge in [0.2, 0.25) is 0 Å². The van der Waals surface area contributed by atoms with Gasteiger partial charge in [-0.25, -0.2) is 0 Å². The van der Waals surface area contributed by atoms with Crippen molar-refractivity contribution in [3.8, 4) is 5.75 Å². The van der Waals surface area contributed by atoms with E-state index in [1.165, 1.54) is 5.56 Å². The van der Waals surface area contributed by atoms with E-state index in [0.717, 1.165) is 5.75 Å². The first kappa shape index (κ1) is 14.5. The van der Waals surface area contributed by atoms with Gasteiger partial charge in [-0.05, 0) is 37.5 Å². The molecule has 0 bridgehead atoms. The fourth-order valence-electron chi connectivity index (χ4n) is 1.67. The third kappa shape index (κ3) is 3.57. The zero-order valence-corrected chi connectivity index (χ0v) is 12.4. The van der Waals surface area contributed by atoms with Gasteiger partial charge in [0.25, 0.3) is 5.89 Å². The Hall–Kier alpha value is -1.88. The van der Waals surface area contributed by atoms with Crippen LogP contribution >= 0.6 is 0 Å². The number of nitrogens with two attached hydrogens (primary N) is 1. The highest BCUT2D eigenvalue weighted by atomic mass is 16.5. The molecule has 0 aliphatic heterocycles. The summed E-state index contributed by atoms with van der Waals surface area (Å²) in [7, 11) is 0. The zero-order chi connectivity index (χ0) is 14.8. The highest BCUT2D eigenvalue weighted by Crippen LogP contribution is 2.19. The first-order valence-electron chi connectivity index (χ1n) is 6.71. The Morgan fingerprint density at radius 1 is 1.25 bits per heavy atom. The number of hydrogen-bond acceptors (Lipinski definition) is 5. The Kier molecular flexibility index (Phi) is 4.09. The molecule has 2 N–H and O–H groups in total. The van der Waals surface area contributed by atoms with Crippen LogP contribution in [-0.2, 0) is 12.1 Å². The molecule has 0 saturated heterocycles. The SMILES string of the molecule is CC(C)c1ccc(OCc2nc(C(C)(C)N)no2)cc1. The minimum absolute atomic E-state index is 0.240. The van der Waals surface area contributed by atoms with Crippen LogP contribution in [0.3, 0.4) is 0 Å². The molecule has 0 radical (unpaired) electrons. The van der Waals surface area contributed by atoms with Crippen molar-refractivity contribution in [2.75, 3.05) is 0 Å². The molecule has 1 heterocycles. The molecule has 0 amide bonds. The van der Waals surface area contributed by atoms with E-state index < -0.39 is 5.54 Å². The summed E-state index contributed by atoms with van der Waals surface area (Å²) in [6.07, 6.45) is 0. The topological polar surface area (TPSA) is 74.2 Å². The van der Waals surface area contributed by atoms with Crippen LogP contribution in [0.25, 0.3) is 0 Å². The molecule has 0 saturated carbocycles. The minimum Gasteiger partial charge on any atom is -0.484 e. The molecule has 0 aliphatic rings. The molecule has 0 unspecified atom stereocenters. The average molecular weight is 275 g/mol. The second-order valence-corrected chi connectivity index (χ2v) is 5.75. The van der Waals surface area contributed by atoms with Crippen LogP contribution in [0.4, 0.5) is 0 Å². The minimum atomic E-state index is -0.610. The Balaban J connectivity index is 1.96. The summed E-state index contributed by atoms with van der Waals surface area (Å²) in [5.41, 5.74) is 6.57. The molecule has 0 aliphatic carbocycles. The molecule has 5 nitrogen and oxygen atoms in total. The van der Waals surface area contributed by atoms with Gasteiger partial charge >= 0.3 is 0 Å². The molecule has 108 valence electrons. The third-order valence-electron chi connectivity index (χ3n) is 2.95. The number of rotatable bonds is 5. The second kappa shape index (κ2) is 5.63. The highest BCUT2D eigenvalue weighted by Gasteiger charge is 2.21. The summed E-state index contributed by atoms with van der Waals surface area (Å²) < 4.78 is 10.7. The van der Waals surface area contributed by atoms with Gasteiger partial charge in [-0.15, -0.1) is 0 Å². The van der Waals surface area contributed by atoms with Crippen LogP contribution in [0, 0.1) is 0 Å². The predicted molar refractivity (Wildman–Crippen MR) is 76.4 cm³/mol. The molecule has 1 aromatic carbocycles. The molecule has 2 rings (SSSR count). The molecule has 2 aromatic rings. The van der Waals surface area contributed by atoms with E-state index in [4.69, 9.17) is 15.0 Å². The molecule has 20 heavy (non-hydrogen) atoms. The molecule has 1 aromatic heterocycles. The molecule has 5 heteroatoms. The maximum atomic E-state index is 5.90. The van der Waals surface area contributed by atoms with Crippen LogP contribution in [0.1, 0.15) is 50.9 Å². The third-order valence-corrected chi connectivity index (χ3v) is 2.95. The first-order chi connectivity index (χ1) is 9.36. The van der Waals surface area contributed by atoms with Gasteiger partial charge in [-0.1, -0.05) is 31.1 Å². The van der Waals surface area contributed by atoms with Crippen molar-refractivity contribution in [2.24, 2.45) is 5.73 Å². The maximum absolute atomic E-state index is 5.90. The molecule has 0 fully saturated rings. The number of ether oxygens (including phenoxy) is 1. The normalized spacial score (nSPS) is 11.9. The van der Waals surface area contributed by atoms with Crippen molar-refractivity contribution < 1.29 is 9.26 Å².